The van der Waals surface area contributed by atoms with Gasteiger partial charge in [-0.2, -0.15) is 0 Å². The Labute approximate surface area is 191 Å². The van der Waals surface area contributed by atoms with Crippen LogP contribution in [0.1, 0.15) is 12.1 Å². The van der Waals surface area contributed by atoms with Crippen molar-refractivity contribution in [2.24, 2.45) is 4.99 Å². The van der Waals surface area contributed by atoms with Gasteiger partial charge >= 0.3 is 0 Å². The number of aliphatic imine (C=N–C) groups is 1. The van der Waals surface area contributed by atoms with Crippen molar-refractivity contribution in [3.8, 4) is 5.75 Å². The molecule has 5 heterocycles. The summed E-state index contributed by atoms with van der Waals surface area (Å²) in [6.07, 6.45) is 12.4. The number of morpholine rings is 1. The van der Waals surface area contributed by atoms with Crippen LogP contribution in [0, 0.1) is 0 Å². The summed E-state index contributed by atoms with van der Waals surface area (Å²) in [4.78, 5) is 16.3. The van der Waals surface area contributed by atoms with Crippen LogP contribution in [0.2, 0.25) is 0 Å². The monoisotopic (exact) mass is 443 g/mol. The average molecular weight is 444 g/mol. The van der Waals surface area contributed by atoms with Crippen molar-refractivity contribution < 1.29 is 9.47 Å². The largest absolute Gasteiger partial charge is 0.495 e. The number of allylic oxidation sites excluding steroid dienone is 1. The van der Waals surface area contributed by atoms with Gasteiger partial charge in [0.05, 0.1) is 37.7 Å². The molecule has 0 aliphatic carbocycles. The number of methoxy groups -OCH3 is 1. The summed E-state index contributed by atoms with van der Waals surface area (Å²) < 4.78 is 13.2. The molecule has 1 atom stereocenters. The highest BCUT2D eigenvalue weighted by molar-refractivity contribution is 5.79. The zero-order chi connectivity index (χ0) is 22.2. The first kappa shape index (κ1) is 19.8. The van der Waals surface area contributed by atoms with Crippen LogP contribution in [-0.2, 0) is 4.74 Å². The van der Waals surface area contributed by atoms with E-state index in [9.17, 15) is 0 Å². The van der Waals surface area contributed by atoms with Crippen LogP contribution in [0.4, 0.5) is 17.2 Å². The number of ether oxygens (including phenoxy) is 2. The highest BCUT2D eigenvalue weighted by Gasteiger charge is 2.24. The van der Waals surface area contributed by atoms with Crippen LogP contribution >= 0.6 is 0 Å². The number of fused-ring (bicyclic) bond motifs is 2. The minimum absolute atomic E-state index is 0.138. The zero-order valence-electron chi connectivity index (χ0n) is 18.4. The molecule has 0 bridgehead atoms. The number of anilines is 3. The molecule has 9 heteroatoms. The summed E-state index contributed by atoms with van der Waals surface area (Å²) in [5.74, 6) is 1.51. The second kappa shape index (κ2) is 8.25. The van der Waals surface area contributed by atoms with Crippen molar-refractivity contribution in [1.29, 1.82) is 0 Å². The Hall–Kier alpha value is -3.85. The fraction of sp³-hybridized carbons (Fsp3) is 0.292. The van der Waals surface area contributed by atoms with E-state index < -0.39 is 0 Å². The number of rotatable bonds is 5. The fourth-order valence-corrected chi connectivity index (χ4v) is 4.47. The summed E-state index contributed by atoms with van der Waals surface area (Å²) in [6.45, 7) is 3.16. The topological polar surface area (TPSA) is 88.3 Å². The van der Waals surface area contributed by atoms with Gasteiger partial charge in [0.15, 0.2) is 11.5 Å². The average Bonchev–Trinajstić information content (AvgIpc) is 3.53. The number of hydrogen-bond donors (Lipinski definition) is 2. The van der Waals surface area contributed by atoms with Crippen molar-refractivity contribution in [2.75, 3.05) is 43.6 Å². The molecule has 3 aromatic rings. The van der Waals surface area contributed by atoms with Crippen LogP contribution in [0.3, 0.4) is 0 Å². The van der Waals surface area contributed by atoms with Gasteiger partial charge in [-0.3, -0.25) is 4.99 Å². The number of nitrogens with one attached hydrogen (secondary N) is 2. The summed E-state index contributed by atoms with van der Waals surface area (Å²) >= 11 is 0. The Bertz CT molecular complexity index is 1290. The Kier molecular flexibility index (Phi) is 4.95. The van der Waals surface area contributed by atoms with E-state index in [1.807, 2.05) is 47.4 Å². The number of aromatic nitrogens is 3. The van der Waals surface area contributed by atoms with E-state index in [-0.39, 0.29) is 6.04 Å². The molecule has 1 aromatic carbocycles. The predicted octanol–water partition coefficient (Wildman–Crippen LogP) is 2.99. The van der Waals surface area contributed by atoms with Gasteiger partial charge < -0.3 is 29.4 Å². The first-order valence-corrected chi connectivity index (χ1v) is 11.1. The maximum atomic E-state index is 5.71. The van der Waals surface area contributed by atoms with Gasteiger partial charge in [0.2, 0.25) is 0 Å². The van der Waals surface area contributed by atoms with Crippen molar-refractivity contribution in [2.45, 2.75) is 12.5 Å². The maximum absolute atomic E-state index is 5.71. The Morgan fingerprint density at radius 3 is 3.03 bits per heavy atom. The van der Waals surface area contributed by atoms with Crippen molar-refractivity contribution in [1.82, 2.24) is 19.7 Å². The predicted molar refractivity (Wildman–Crippen MR) is 128 cm³/mol. The molecular weight excluding hydrogens is 418 g/mol. The number of hydrogen-bond acceptors (Lipinski definition) is 8. The minimum atomic E-state index is 0.138. The van der Waals surface area contributed by atoms with Gasteiger partial charge in [0.1, 0.15) is 5.75 Å². The second-order valence-electron chi connectivity index (χ2n) is 8.20. The Balaban J connectivity index is 1.32. The molecular formula is C24H25N7O2. The van der Waals surface area contributed by atoms with Crippen LogP contribution in [0.15, 0.2) is 59.8 Å². The molecule has 9 nitrogen and oxygen atoms in total. The Morgan fingerprint density at radius 2 is 2.15 bits per heavy atom. The summed E-state index contributed by atoms with van der Waals surface area (Å²) in [5, 5.41) is 6.81. The summed E-state index contributed by atoms with van der Waals surface area (Å²) in [7, 11) is 1.70. The van der Waals surface area contributed by atoms with E-state index in [1.54, 1.807) is 13.3 Å². The maximum Gasteiger partial charge on any atom is 0.180 e. The molecule has 0 saturated carbocycles. The summed E-state index contributed by atoms with van der Waals surface area (Å²) in [6, 6.07) is 6.27. The van der Waals surface area contributed by atoms with Gasteiger partial charge in [-0.05, 0) is 23.8 Å². The number of imidazole rings is 1. The zero-order valence-corrected chi connectivity index (χ0v) is 18.4. The SMILES string of the molecule is COc1cc(Nc2nc(C3=CNC4=CC=NC4C3)cn3ccnc23)ccc1N1CCOCC1. The van der Waals surface area contributed by atoms with E-state index in [4.69, 9.17) is 14.5 Å². The van der Waals surface area contributed by atoms with Gasteiger partial charge in [0.25, 0.3) is 0 Å². The molecule has 6 rings (SSSR count). The van der Waals surface area contributed by atoms with Crippen LogP contribution in [0.5, 0.6) is 5.75 Å². The van der Waals surface area contributed by atoms with E-state index in [2.05, 4.69) is 31.6 Å². The molecule has 1 fully saturated rings. The first-order chi connectivity index (χ1) is 16.3. The van der Waals surface area contributed by atoms with Crippen LogP contribution < -0.4 is 20.3 Å². The molecule has 1 unspecified atom stereocenters. The molecule has 3 aliphatic rings. The molecule has 0 amide bonds. The molecule has 0 radical (unpaired) electrons. The third kappa shape index (κ3) is 3.70. The minimum Gasteiger partial charge on any atom is -0.495 e. The number of nitrogens with zero attached hydrogens (tertiary/aromatic N) is 5. The van der Waals surface area contributed by atoms with E-state index in [0.29, 0.717) is 5.82 Å². The molecule has 33 heavy (non-hydrogen) atoms. The standard InChI is InChI=1S/C24H25N7O2/c1-32-22-13-17(2-3-21(22)30-8-10-33-11-9-30)28-23-24-26-6-7-31(24)15-20(29-23)16-12-19-18(27-14-16)4-5-25-19/h2-7,13-15,19,27H,8-12H2,1H3,(H,28,29). The van der Waals surface area contributed by atoms with Crippen LogP contribution in [-0.4, -0.2) is 60.0 Å². The Morgan fingerprint density at radius 1 is 1.24 bits per heavy atom. The van der Waals surface area contributed by atoms with Crippen molar-refractivity contribution >= 4 is 34.6 Å². The lowest BCUT2D eigenvalue weighted by Crippen LogP contribution is -2.36. The third-order valence-electron chi connectivity index (χ3n) is 6.20. The molecule has 2 N–H and O–H groups in total. The van der Waals surface area contributed by atoms with Gasteiger partial charge in [-0.15, -0.1) is 0 Å². The van der Waals surface area contributed by atoms with Crippen molar-refractivity contribution in [3.05, 3.63) is 60.5 Å². The molecule has 2 aromatic heterocycles. The van der Waals surface area contributed by atoms with E-state index in [0.717, 1.165) is 72.5 Å². The van der Waals surface area contributed by atoms with Crippen molar-refractivity contribution in [3.63, 3.8) is 0 Å². The van der Waals surface area contributed by atoms with Gasteiger partial charge in [0, 0.05) is 68.0 Å². The summed E-state index contributed by atoms with van der Waals surface area (Å²) in [5.41, 5.74) is 5.84. The lowest BCUT2D eigenvalue weighted by Gasteiger charge is -2.30. The molecule has 1 saturated heterocycles. The molecule has 3 aliphatic heterocycles. The van der Waals surface area contributed by atoms with Gasteiger partial charge in [-0.25, -0.2) is 9.97 Å². The number of benzene rings is 1. The first-order valence-electron chi connectivity index (χ1n) is 11.1. The normalized spacial score (nSPS) is 19.7. The lowest BCUT2D eigenvalue weighted by molar-refractivity contribution is 0.122. The molecule has 168 valence electrons. The third-order valence-corrected chi connectivity index (χ3v) is 6.20. The highest BCUT2D eigenvalue weighted by Crippen LogP contribution is 2.34. The van der Waals surface area contributed by atoms with Crippen LogP contribution in [0.25, 0.3) is 11.2 Å². The smallest absolute Gasteiger partial charge is 0.180 e. The van der Waals surface area contributed by atoms with E-state index in [1.165, 1.54) is 0 Å². The van der Waals surface area contributed by atoms with E-state index >= 15 is 0 Å². The van der Waals surface area contributed by atoms with Gasteiger partial charge in [-0.1, -0.05) is 0 Å². The molecule has 0 spiro atoms. The fourth-order valence-electron chi connectivity index (χ4n) is 4.47. The second-order valence-corrected chi connectivity index (χ2v) is 8.20. The highest BCUT2D eigenvalue weighted by atomic mass is 16.5. The quantitative estimate of drug-likeness (QED) is 0.627. The lowest BCUT2D eigenvalue weighted by atomic mass is 10.00.